The van der Waals surface area contributed by atoms with Crippen LogP contribution in [0.5, 0.6) is 0 Å². The SMILES string of the molecule is Cc1cccc2cccc([C]=O)c12. The lowest BCUT2D eigenvalue weighted by atomic mass is 10.0. The van der Waals surface area contributed by atoms with Crippen molar-refractivity contribution in [2.75, 3.05) is 0 Å². The Morgan fingerprint density at radius 1 is 1.08 bits per heavy atom. The van der Waals surface area contributed by atoms with Crippen molar-refractivity contribution in [2.24, 2.45) is 0 Å². The largest absolute Gasteiger partial charge is 0.285 e. The van der Waals surface area contributed by atoms with Gasteiger partial charge in [-0.05, 0) is 23.3 Å². The number of hydrogen-bond donors (Lipinski definition) is 0. The summed E-state index contributed by atoms with van der Waals surface area (Å²) in [4.78, 5) is 10.6. The Balaban J connectivity index is 2.94. The highest BCUT2D eigenvalue weighted by atomic mass is 16.1. The van der Waals surface area contributed by atoms with Gasteiger partial charge >= 0.3 is 0 Å². The summed E-state index contributed by atoms with van der Waals surface area (Å²) in [5, 5.41) is 2.11. The summed E-state index contributed by atoms with van der Waals surface area (Å²) in [6, 6.07) is 11.7. The van der Waals surface area contributed by atoms with E-state index in [2.05, 4.69) is 0 Å². The zero-order chi connectivity index (χ0) is 9.26. The highest BCUT2D eigenvalue weighted by molar-refractivity contribution is 6.00. The molecule has 0 aliphatic carbocycles. The molecule has 13 heavy (non-hydrogen) atoms. The molecule has 0 N–H and O–H groups in total. The highest BCUT2D eigenvalue weighted by Crippen LogP contribution is 2.20. The van der Waals surface area contributed by atoms with Crippen LogP contribution >= 0.6 is 0 Å². The molecular weight excluding hydrogens is 160 g/mol. The second-order valence-corrected chi connectivity index (χ2v) is 3.08. The van der Waals surface area contributed by atoms with Crippen molar-refractivity contribution in [3.05, 3.63) is 47.5 Å². The van der Waals surface area contributed by atoms with Crippen molar-refractivity contribution in [3.8, 4) is 0 Å². The lowest BCUT2D eigenvalue weighted by Gasteiger charge is -2.02. The van der Waals surface area contributed by atoms with Gasteiger partial charge < -0.3 is 0 Å². The number of aryl methyl sites for hydroxylation is 1. The predicted molar refractivity (Wildman–Crippen MR) is 53.5 cm³/mol. The fourth-order valence-corrected chi connectivity index (χ4v) is 1.61. The molecule has 1 radical (unpaired) electrons. The molecule has 0 aliphatic heterocycles. The number of benzene rings is 2. The van der Waals surface area contributed by atoms with Gasteiger partial charge in [0.15, 0.2) is 0 Å². The minimum Gasteiger partial charge on any atom is -0.285 e. The van der Waals surface area contributed by atoms with E-state index in [9.17, 15) is 4.79 Å². The van der Waals surface area contributed by atoms with Gasteiger partial charge in [-0.1, -0.05) is 36.4 Å². The second kappa shape index (κ2) is 3.02. The smallest absolute Gasteiger partial charge is 0.234 e. The first-order chi connectivity index (χ1) is 6.33. The molecule has 63 valence electrons. The van der Waals surface area contributed by atoms with Gasteiger partial charge in [0.2, 0.25) is 6.29 Å². The Kier molecular flexibility index (Phi) is 1.85. The van der Waals surface area contributed by atoms with Crippen molar-refractivity contribution in [2.45, 2.75) is 6.92 Å². The van der Waals surface area contributed by atoms with Crippen molar-refractivity contribution >= 4 is 17.1 Å². The van der Waals surface area contributed by atoms with Crippen molar-refractivity contribution < 1.29 is 4.79 Å². The monoisotopic (exact) mass is 169 g/mol. The summed E-state index contributed by atoms with van der Waals surface area (Å²) in [6.45, 7) is 2.00. The highest BCUT2D eigenvalue weighted by Gasteiger charge is 2.01. The molecule has 0 aromatic heterocycles. The van der Waals surface area contributed by atoms with Crippen LogP contribution in [0.2, 0.25) is 0 Å². The van der Waals surface area contributed by atoms with Gasteiger partial charge in [0, 0.05) is 5.56 Å². The third-order valence-electron chi connectivity index (χ3n) is 2.22. The van der Waals surface area contributed by atoms with E-state index < -0.39 is 0 Å². The second-order valence-electron chi connectivity index (χ2n) is 3.08. The molecule has 0 spiro atoms. The van der Waals surface area contributed by atoms with Gasteiger partial charge in [-0.2, -0.15) is 0 Å². The molecule has 0 bridgehead atoms. The summed E-state index contributed by atoms with van der Waals surface area (Å²) in [7, 11) is 0. The van der Waals surface area contributed by atoms with Gasteiger partial charge in [-0.25, -0.2) is 0 Å². The lowest BCUT2D eigenvalue weighted by Crippen LogP contribution is -1.86. The van der Waals surface area contributed by atoms with Crippen LogP contribution in [0.3, 0.4) is 0 Å². The Hall–Kier alpha value is -1.63. The summed E-state index contributed by atoms with van der Waals surface area (Å²) < 4.78 is 0. The first kappa shape index (κ1) is 7.99. The third kappa shape index (κ3) is 1.22. The van der Waals surface area contributed by atoms with E-state index in [-0.39, 0.29) is 0 Å². The molecule has 0 aliphatic rings. The van der Waals surface area contributed by atoms with E-state index in [1.807, 2.05) is 43.5 Å². The number of fused-ring (bicyclic) bond motifs is 1. The third-order valence-corrected chi connectivity index (χ3v) is 2.22. The maximum Gasteiger partial charge on any atom is 0.234 e. The molecular formula is C12H9O. The molecule has 2 aromatic rings. The molecule has 1 nitrogen and oxygen atoms in total. The number of hydrogen-bond acceptors (Lipinski definition) is 1. The summed E-state index contributed by atoms with van der Waals surface area (Å²) in [5.74, 6) is 0. The van der Waals surface area contributed by atoms with E-state index in [0.29, 0.717) is 5.56 Å². The lowest BCUT2D eigenvalue weighted by molar-refractivity contribution is 0.563. The molecule has 0 heterocycles. The maximum absolute atomic E-state index is 10.6. The Morgan fingerprint density at radius 2 is 1.77 bits per heavy atom. The van der Waals surface area contributed by atoms with Gasteiger partial charge in [-0.3, -0.25) is 4.79 Å². The predicted octanol–water partition coefficient (Wildman–Crippen LogP) is 2.61. The molecule has 2 rings (SSSR count). The first-order valence-electron chi connectivity index (χ1n) is 4.19. The van der Waals surface area contributed by atoms with Crippen LogP contribution in [-0.4, -0.2) is 6.29 Å². The summed E-state index contributed by atoms with van der Waals surface area (Å²) >= 11 is 0. The Bertz CT molecular complexity index is 452. The molecule has 0 saturated heterocycles. The van der Waals surface area contributed by atoms with E-state index in [0.717, 1.165) is 16.3 Å². The topological polar surface area (TPSA) is 17.1 Å². The average Bonchev–Trinajstić information content (AvgIpc) is 2.17. The molecule has 0 atom stereocenters. The zero-order valence-corrected chi connectivity index (χ0v) is 7.37. The van der Waals surface area contributed by atoms with E-state index in [1.165, 1.54) is 0 Å². The quantitative estimate of drug-likeness (QED) is 0.641. The fraction of sp³-hybridized carbons (Fsp3) is 0.0833. The van der Waals surface area contributed by atoms with Crippen LogP contribution in [0.4, 0.5) is 0 Å². The van der Waals surface area contributed by atoms with E-state index >= 15 is 0 Å². The van der Waals surface area contributed by atoms with E-state index in [1.54, 1.807) is 6.07 Å². The van der Waals surface area contributed by atoms with Crippen molar-refractivity contribution in [1.29, 1.82) is 0 Å². The van der Waals surface area contributed by atoms with Crippen LogP contribution in [0, 0.1) is 6.92 Å². The zero-order valence-electron chi connectivity index (χ0n) is 7.37. The normalized spacial score (nSPS) is 10.2. The molecule has 2 aromatic carbocycles. The number of rotatable bonds is 1. The van der Waals surface area contributed by atoms with Gasteiger partial charge in [0.05, 0.1) is 0 Å². The van der Waals surface area contributed by atoms with E-state index in [4.69, 9.17) is 0 Å². The van der Waals surface area contributed by atoms with Gasteiger partial charge in [0.1, 0.15) is 0 Å². The van der Waals surface area contributed by atoms with Gasteiger partial charge in [-0.15, -0.1) is 0 Å². The minimum atomic E-state index is 0.649. The van der Waals surface area contributed by atoms with Crippen LogP contribution in [-0.2, 0) is 4.79 Å². The van der Waals surface area contributed by atoms with Crippen LogP contribution in [0.15, 0.2) is 36.4 Å². The van der Waals surface area contributed by atoms with Crippen molar-refractivity contribution in [3.63, 3.8) is 0 Å². The van der Waals surface area contributed by atoms with Gasteiger partial charge in [0.25, 0.3) is 0 Å². The molecule has 0 saturated carbocycles. The first-order valence-corrected chi connectivity index (χ1v) is 4.19. The minimum absolute atomic E-state index is 0.649. The summed E-state index contributed by atoms with van der Waals surface area (Å²) in [6.07, 6.45) is 1.96. The fourth-order valence-electron chi connectivity index (χ4n) is 1.61. The standard InChI is InChI=1S/C12H9O/c1-9-4-2-5-10-6-3-7-11(8-13)12(9)10/h2-7H,1H3. The molecule has 0 unspecified atom stereocenters. The molecule has 1 heteroatoms. The Morgan fingerprint density at radius 3 is 2.46 bits per heavy atom. The Labute approximate surface area is 77.0 Å². The molecule has 0 fully saturated rings. The maximum atomic E-state index is 10.6. The van der Waals surface area contributed by atoms with Crippen LogP contribution in [0.1, 0.15) is 11.1 Å². The van der Waals surface area contributed by atoms with Crippen molar-refractivity contribution in [1.82, 2.24) is 0 Å². The number of carbonyl (C=O) groups excluding carboxylic acids is 1. The van der Waals surface area contributed by atoms with Crippen LogP contribution in [0.25, 0.3) is 10.8 Å². The summed E-state index contributed by atoms with van der Waals surface area (Å²) in [5.41, 5.74) is 1.77. The average molecular weight is 169 g/mol. The molecule has 0 amide bonds. The van der Waals surface area contributed by atoms with Crippen LogP contribution < -0.4 is 0 Å².